The smallest absolute Gasteiger partial charge is 0.344 e. The number of carbonyl (C=O) groups excluding carboxylic acids is 2. The zero-order chi connectivity index (χ0) is 17.9. The Kier molecular flexibility index (Phi) is 5.30. The highest BCUT2D eigenvalue weighted by atomic mass is 35.5. The molecule has 0 fully saturated rings. The van der Waals surface area contributed by atoms with E-state index in [1.165, 1.54) is 19.3 Å². The Morgan fingerprint density at radius 3 is 2.67 bits per heavy atom. The van der Waals surface area contributed by atoms with E-state index >= 15 is 0 Å². The van der Waals surface area contributed by atoms with Gasteiger partial charge in [-0.2, -0.15) is 5.10 Å². The molecule has 0 atom stereocenters. The number of aryl methyl sites for hydroxylation is 2. The summed E-state index contributed by atoms with van der Waals surface area (Å²) < 4.78 is 5.96. The SMILES string of the molecule is Cc1nn(C)c(=O)c(C(=O)OCC(=O)Nc2ccc(Cl)cn2)c1C. The summed E-state index contributed by atoms with van der Waals surface area (Å²) in [6.07, 6.45) is 1.37. The first-order chi connectivity index (χ1) is 11.3. The van der Waals surface area contributed by atoms with E-state index in [0.717, 1.165) is 4.68 Å². The molecule has 8 nitrogen and oxygen atoms in total. The van der Waals surface area contributed by atoms with E-state index in [1.807, 2.05) is 0 Å². The first kappa shape index (κ1) is 17.6. The molecule has 2 aromatic rings. The molecule has 0 aliphatic heterocycles. The molecule has 0 saturated carbocycles. The van der Waals surface area contributed by atoms with Crippen molar-refractivity contribution in [1.82, 2.24) is 14.8 Å². The zero-order valence-corrected chi connectivity index (χ0v) is 14.0. The molecule has 2 rings (SSSR count). The minimum Gasteiger partial charge on any atom is -0.452 e. The third-order valence-electron chi connectivity index (χ3n) is 3.26. The van der Waals surface area contributed by atoms with Crippen LogP contribution in [-0.4, -0.2) is 33.2 Å². The van der Waals surface area contributed by atoms with Gasteiger partial charge in [-0.3, -0.25) is 9.59 Å². The van der Waals surface area contributed by atoms with Crippen LogP contribution in [0.2, 0.25) is 5.02 Å². The Balaban J connectivity index is 2.04. The maximum Gasteiger partial charge on any atom is 0.344 e. The van der Waals surface area contributed by atoms with Gasteiger partial charge in [-0.25, -0.2) is 14.5 Å². The molecule has 1 N–H and O–H groups in total. The van der Waals surface area contributed by atoms with E-state index in [0.29, 0.717) is 16.3 Å². The molecular formula is C15H15ClN4O4. The number of hydrogen-bond acceptors (Lipinski definition) is 6. The lowest BCUT2D eigenvalue weighted by atomic mass is 10.1. The van der Waals surface area contributed by atoms with Crippen LogP contribution < -0.4 is 10.9 Å². The minimum atomic E-state index is -0.877. The number of pyridine rings is 1. The molecule has 9 heteroatoms. The molecular weight excluding hydrogens is 336 g/mol. The second-order valence-corrected chi connectivity index (χ2v) is 5.44. The molecule has 0 aliphatic rings. The van der Waals surface area contributed by atoms with Gasteiger partial charge < -0.3 is 10.1 Å². The highest BCUT2D eigenvalue weighted by molar-refractivity contribution is 6.30. The Bertz CT molecular complexity index is 846. The van der Waals surface area contributed by atoms with Crippen molar-refractivity contribution in [3.8, 4) is 0 Å². The largest absolute Gasteiger partial charge is 0.452 e. The average Bonchev–Trinajstić information content (AvgIpc) is 2.53. The maximum atomic E-state index is 12.1. The van der Waals surface area contributed by atoms with Crippen LogP contribution in [0.1, 0.15) is 21.6 Å². The van der Waals surface area contributed by atoms with E-state index in [1.54, 1.807) is 19.9 Å². The lowest BCUT2D eigenvalue weighted by molar-refractivity contribution is -0.119. The quantitative estimate of drug-likeness (QED) is 0.832. The molecule has 0 aliphatic carbocycles. The number of anilines is 1. The molecule has 2 aromatic heterocycles. The zero-order valence-electron chi connectivity index (χ0n) is 13.3. The summed E-state index contributed by atoms with van der Waals surface area (Å²) >= 11 is 5.69. The summed E-state index contributed by atoms with van der Waals surface area (Å²) in [5, 5.41) is 6.85. The number of nitrogens with zero attached hydrogens (tertiary/aromatic N) is 3. The lowest BCUT2D eigenvalue weighted by Gasteiger charge is -2.10. The molecule has 0 radical (unpaired) electrons. The van der Waals surface area contributed by atoms with Gasteiger partial charge in [-0.1, -0.05) is 11.6 Å². The second-order valence-electron chi connectivity index (χ2n) is 5.00. The fraction of sp³-hybridized carbons (Fsp3) is 0.267. The first-order valence-corrected chi connectivity index (χ1v) is 7.30. The van der Waals surface area contributed by atoms with E-state index in [-0.39, 0.29) is 11.4 Å². The lowest BCUT2D eigenvalue weighted by Crippen LogP contribution is -2.31. The summed E-state index contributed by atoms with van der Waals surface area (Å²) in [5.74, 6) is -1.19. The number of amides is 1. The summed E-state index contributed by atoms with van der Waals surface area (Å²) in [6.45, 7) is 2.72. The Morgan fingerprint density at radius 2 is 2.04 bits per heavy atom. The molecule has 1 amide bonds. The van der Waals surface area contributed by atoms with Crippen LogP contribution in [0.4, 0.5) is 5.82 Å². The standard InChI is InChI=1S/C15H15ClN4O4/c1-8-9(2)19-20(3)14(22)13(8)15(23)24-7-12(21)18-11-5-4-10(16)6-17-11/h4-6H,7H2,1-3H3,(H,17,18,21). The van der Waals surface area contributed by atoms with E-state index in [2.05, 4.69) is 15.4 Å². The van der Waals surface area contributed by atoms with E-state index < -0.39 is 24.0 Å². The number of ether oxygens (including phenoxy) is 1. The van der Waals surface area contributed by atoms with E-state index in [9.17, 15) is 14.4 Å². The average molecular weight is 351 g/mol. The monoisotopic (exact) mass is 350 g/mol. The van der Waals surface area contributed by atoms with Crippen LogP contribution in [0.3, 0.4) is 0 Å². The number of hydrogen-bond donors (Lipinski definition) is 1. The third kappa shape index (κ3) is 3.96. The highest BCUT2D eigenvalue weighted by Gasteiger charge is 2.20. The summed E-state index contributed by atoms with van der Waals surface area (Å²) in [6, 6.07) is 3.07. The molecule has 0 aromatic carbocycles. The van der Waals surface area contributed by atoms with Gasteiger partial charge in [0.05, 0.1) is 10.7 Å². The van der Waals surface area contributed by atoms with Gasteiger partial charge in [0.25, 0.3) is 11.5 Å². The van der Waals surface area contributed by atoms with Crippen molar-refractivity contribution in [2.24, 2.45) is 7.05 Å². The van der Waals surface area contributed by atoms with Gasteiger partial charge in [0.15, 0.2) is 6.61 Å². The van der Waals surface area contributed by atoms with Crippen molar-refractivity contribution >= 4 is 29.3 Å². The third-order valence-corrected chi connectivity index (χ3v) is 3.48. The predicted octanol–water partition coefficient (Wildman–Crippen LogP) is 1.24. The van der Waals surface area contributed by atoms with Crippen molar-refractivity contribution in [1.29, 1.82) is 0 Å². The van der Waals surface area contributed by atoms with Gasteiger partial charge in [0, 0.05) is 13.2 Å². The summed E-state index contributed by atoms with van der Waals surface area (Å²) in [7, 11) is 1.43. The molecule has 0 spiro atoms. The number of halogens is 1. The van der Waals surface area contributed by atoms with Crippen LogP contribution in [0, 0.1) is 13.8 Å². The Hall–Kier alpha value is -2.74. The van der Waals surface area contributed by atoms with Crippen molar-refractivity contribution in [3.63, 3.8) is 0 Å². The minimum absolute atomic E-state index is 0.137. The van der Waals surface area contributed by atoms with E-state index in [4.69, 9.17) is 16.3 Å². The van der Waals surface area contributed by atoms with Crippen molar-refractivity contribution in [3.05, 3.63) is 50.5 Å². The van der Waals surface area contributed by atoms with Gasteiger partial charge in [0.2, 0.25) is 0 Å². The first-order valence-electron chi connectivity index (χ1n) is 6.92. The van der Waals surface area contributed by atoms with Gasteiger partial charge in [0.1, 0.15) is 11.4 Å². The number of carbonyl (C=O) groups is 2. The van der Waals surface area contributed by atoms with Crippen LogP contribution in [-0.2, 0) is 16.6 Å². The highest BCUT2D eigenvalue weighted by Crippen LogP contribution is 2.10. The normalized spacial score (nSPS) is 10.3. The fourth-order valence-electron chi connectivity index (χ4n) is 1.92. The number of rotatable bonds is 4. The van der Waals surface area contributed by atoms with Crippen LogP contribution in [0.5, 0.6) is 0 Å². The predicted molar refractivity (Wildman–Crippen MR) is 87.1 cm³/mol. The summed E-state index contributed by atoms with van der Waals surface area (Å²) in [4.78, 5) is 39.8. The summed E-state index contributed by atoms with van der Waals surface area (Å²) in [5.41, 5.74) is 0.229. The van der Waals surface area contributed by atoms with Crippen LogP contribution in [0.25, 0.3) is 0 Å². The molecule has 0 bridgehead atoms. The second kappa shape index (κ2) is 7.22. The van der Waals surface area contributed by atoms with Crippen LogP contribution >= 0.6 is 11.6 Å². The Morgan fingerprint density at radius 1 is 1.33 bits per heavy atom. The molecule has 2 heterocycles. The number of nitrogens with one attached hydrogen (secondary N) is 1. The topological polar surface area (TPSA) is 103 Å². The van der Waals surface area contributed by atoms with Crippen molar-refractivity contribution < 1.29 is 14.3 Å². The Labute approximate surface area is 142 Å². The molecule has 24 heavy (non-hydrogen) atoms. The van der Waals surface area contributed by atoms with Crippen molar-refractivity contribution in [2.45, 2.75) is 13.8 Å². The molecule has 0 unspecified atom stereocenters. The number of aromatic nitrogens is 3. The fourth-order valence-corrected chi connectivity index (χ4v) is 2.03. The van der Waals surface area contributed by atoms with Gasteiger partial charge >= 0.3 is 5.97 Å². The maximum absolute atomic E-state index is 12.1. The van der Waals surface area contributed by atoms with Gasteiger partial charge in [-0.05, 0) is 31.5 Å². The molecule has 0 saturated heterocycles. The van der Waals surface area contributed by atoms with Gasteiger partial charge in [-0.15, -0.1) is 0 Å². The van der Waals surface area contributed by atoms with Crippen molar-refractivity contribution in [2.75, 3.05) is 11.9 Å². The number of esters is 1. The molecule has 126 valence electrons. The van der Waals surface area contributed by atoms with Crippen LogP contribution in [0.15, 0.2) is 23.1 Å².